The second-order valence-electron chi connectivity index (χ2n) is 5.20. The predicted octanol–water partition coefficient (Wildman–Crippen LogP) is 1.60. The highest BCUT2D eigenvalue weighted by Crippen LogP contribution is 2.28. The van der Waals surface area contributed by atoms with Crippen molar-refractivity contribution in [1.29, 1.82) is 0 Å². The Morgan fingerprint density at radius 3 is 2.80 bits per heavy atom. The number of aromatic nitrogens is 2. The van der Waals surface area contributed by atoms with Crippen LogP contribution in [-0.2, 0) is 16.1 Å². The van der Waals surface area contributed by atoms with Crippen LogP contribution in [0.1, 0.15) is 25.0 Å². The molecule has 5 nitrogen and oxygen atoms in total. The monoisotopic (exact) mass is 271 g/mol. The van der Waals surface area contributed by atoms with Gasteiger partial charge in [0.1, 0.15) is 0 Å². The fourth-order valence-electron chi connectivity index (χ4n) is 2.70. The number of rotatable bonds is 4. The van der Waals surface area contributed by atoms with Crippen LogP contribution in [0.4, 0.5) is 0 Å². The van der Waals surface area contributed by atoms with Crippen molar-refractivity contribution in [3.63, 3.8) is 0 Å². The Morgan fingerprint density at radius 1 is 1.25 bits per heavy atom. The van der Waals surface area contributed by atoms with E-state index in [9.17, 15) is 9.59 Å². The van der Waals surface area contributed by atoms with Gasteiger partial charge in [0.05, 0.1) is 12.0 Å². The number of imide groups is 1. The first kappa shape index (κ1) is 12.8. The lowest BCUT2D eigenvalue weighted by molar-refractivity contribution is -0.137. The zero-order valence-corrected chi connectivity index (χ0v) is 11.5. The van der Waals surface area contributed by atoms with Gasteiger partial charge in [-0.25, -0.2) is 4.98 Å². The van der Waals surface area contributed by atoms with Crippen molar-refractivity contribution in [3.8, 4) is 0 Å². The van der Waals surface area contributed by atoms with Crippen LogP contribution in [-0.4, -0.2) is 32.8 Å². The Hall–Kier alpha value is -2.17. The molecule has 5 heteroatoms. The summed E-state index contributed by atoms with van der Waals surface area (Å²) in [6.45, 7) is 3.17. The predicted molar refractivity (Wildman–Crippen MR) is 73.7 cm³/mol. The van der Waals surface area contributed by atoms with Crippen LogP contribution in [0.5, 0.6) is 0 Å². The molecule has 0 spiro atoms. The first-order valence-electron chi connectivity index (χ1n) is 6.91. The molecule has 104 valence electrons. The molecule has 2 heterocycles. The van der Waals surface area contributed by atoms with Crippen molar-refractivity contribution in [3.05, 3.63) is 41.5 Å². The number of aryl methyl sites for hydroxylation is 2. The third-order valence-electron chi connectivity index (χ3n) is 3.71. The van der Waals surface area contributed by atoms with E-state index in [1.54, 1.807) is 12.4 Å². The van der Waals surface area contributed by atoms with E-state index in [0.29, 0.717) is 24.1 Å². The minimum absolute atomic E-state index is 0.101. The Balaban J connectivity index is 1.60. The molecule has 2 amide bonds. The summed E-state index contributed by atoms with van der Waals surface area (Å²) >= 11 is 0. The summed E-state index contributed by atoms with van der Waals surface area (Å²) in [7, 11) is 0. The van der Waals surface area contributed by atoms with Crippen molar-refractivity contribution in [1.82, 2.24) is 14.5 Å². The van der Waals surface area contributed by atoms with Gasteiger partial charge >= 0.3 is 0 Å². The SMILES string of the molecule is Cc1cn(CCCN2C(=O)C3=C(CCC=C3)C2=O)cn1. The van der Waals surface area contributed by atoms with E-state index in [4.69, 9.17) is 0 Å². The van der Waals surface area contributed by atoms with Gasteiger partial charge in [-0.05, 0) is 26.2 Å². The Morgan fingerprint density at radius 2 is 2.10 bits per heavy atom. The maximum absolute atomic E-state index is 12.2. The average molecular weight is 271 g/mol. The van der Waals surface area contributed by atoms with Gasteiger partial charge in [0.2, 0.25) is 0 Å². The largest absolute Gasteiger partial charge is 0.337 e. The summed E-state index contributed by atoms with van der Waals surface area (Å²) in [6, 6.07) is 0. The average Bonchev–Trinajstić information content (AvgIpc) is 2.97. The Labute approximate surface area is 117 Å². The van der Waals surface area contributed by atoms with Gasteiger partial charge in [0, 0.05) is 30.4 Å². The highest BCUT2D eigenvalue weighted by molar-refractivity contribution is 6.20. The van der Waals surface area contributed by atoms with E-state index in [0.717, 1.165) is 25.1 Å². The quantitative estimate of drug-likeness (QED) is 0.782. The third-order valence-corrected chi connectivity index (χ3v) is 3.71. The molecule has 0 aromatic carbocycles. The molecule has 0 saturated heterocycles. The van der Waals surface area contributed by atoms with Gasteiger partial charge in [0.25, 0.3) is 11.8 Å². The molecular formula is C15H17N3O2. The van der Waals surface area contributed by atoms with Crippen LogP contribution in [0, 0.1) is 6.92 Å². The van der Waals surface area contributed by atoms with E-state index in [1.807, 2.05) is 23.8 Å². The molecule has 1 aromatic heterocycles. The summed E-state index contributed by atoms with van der Waals surface area (Å²) in [5.41, 5.74) is 2.26. The number of imidazole rings is 1. The minimum Gasteiger partial charge on any atom is -0.337 e. The first-order chi connectivity index (χ1) is 9.66. The van der Waals surface area contributed by atoms with Gasteiger partial charge in [-0.1, -0.05) is 12.2 Å². The second-order valence-corrected chi connectivity index (χ2v) is 5.20. The highest BCUT2D eigenvalue weighted by Gasteiger charge is 2.36. The molecule has 1 aromatic rings. The van der Waals surface area contributed by atoms with Crippen molar-refractivity contribution < 1.29 is 9.59 Å². The lowest BCUT2D eigenvalue weighted by atomic mass is 10.00. The minimum atomic E-state index is -0.136. The zero-order chi connectivity index (χ0) is 14.1. The Kier molecular flexibility index (Phi) is 3.26. The van der Waals surface area contributed by atoms with Crippen molar-refractivity contribution in [2.75, 3.05) is 6.54 Å². The molecule has 0 bridgehead atoms. The van der Waals surface area contributed by atoms with Gasteiger partial charge in [0.15, 0.2) is 0 Å². The molecule has 0 unspecified atom stereocenters. The topological polar surface area (TPSA) is 55.2 Å². The lowest BCUT2D eigenvalue weighted by Crippen LogP contribution is -2.33. The van der Waals surface area contributed by atoms with Crippen LogP contribution < -0.4 is 0 Å². The van der Waals surface area contributed by atoms with Gasteiger partial charge in [-0.15, -0.1) is 0 Å². The van der Waals surface area contributed by atoms with Crippen LogP contribution in [0.25, 0.3) is 0 Å². The van der Waals surface area contributed by atoms with Gasteiger partial charge < -0.3 is 4.57 Å². The number of hydrogen-bond donors (Lipinski definition) is 0. The molecule has 20 heavy (non-hydrogen) atoms. The fourth-order valence-corrected chi connectivity index (χ4v) is 2.70. The standard InChI is InChI=1S/C15H17N3O2/c1-11-9-17(10-16-11)7-4-8-18-14(19)12-5-2-3-6-13(12)15(18)20/h2,5,9-10H,3-4,6-8H2,1H3. The summed E-state index contributed by atoms with van der Waals surface area (Å²) in [5, 5.41) is 0. The normalized spacial score (nSPS) is 18.1. The van der Waals surface area contributed by atoms with Gasteiger partial charge in [-0.3, -0.25) is 14.5 Å². The molecule has 0 radical (unpaired) electrons. The first-order valence-corrected chi connectivity index (χ1v) is 6.91. The molecular weight excluding hydrogens is 254 g/mol. The maximum Gasteiger partial charge on any atom is 0.261 e. The van der Waals surface area contributed by atoms with E-state index in [2.05, 4.69) is 4.98 Å². The molecule has 0 saturated carbocycles. The highest BCUT2D eigenvalue weighted by atomic mass is 16.2. The van der Waals surface area contributed by atoms with Crippen LogP contribution >= 0.6 is 0 Å². The second kappa shape index (κ2) is 5.07. The van der Waals surface area contributed by atoms with Gasteiger partial charge in [-0.2, -0.15) is 0 Å². The smallest absolute Gasteiger partial charge is 0.261 e. The van der Waals surface area contributed by atoms with Crippen molar-refractivity contribution >= 4 is 11.8 Å². The molecule has 0 atom stereocenters. The summed E-state index contributed by atoms with van der Waals surface area (Å²) in [6.07, 6.45) is 9.76. The molecule has 1 aliphatic carbocycles. The van der Waals surface area contributed by atoms with E-state index < -0.39 is 0 Å². The van der Waals surface area contributed by atoms with E-state index in [1.165, 1.54) is 4.90 Å². The van der Waals surface area contributed by atoms with Crippen LogP contribution in [0.3, 0.4) is 0 Å². The number of carbonyl (C=O) groups excluding carboxylic acids is 2. The fraction of sp³-hybridized carbons (Fsp3) is 0.400. The molecule has 0 N–H and O–H groups in total. The molecule has 3 rings (SSSR count). The summed E-state index contributed by atoms with van der Waals surface area (Å²) in [5.74, 6) is -0.237. The molecule has 2 aliphatic rings. The Bertz CT molecular complexity index is 625. The number of nitrogens with zero attached hydrogens (tertiary/aromatic N) is 3. The number of amides is 2. The molecule has 1 aliphatic heterocycles. The zero-order valence-electron chi connectivity index (χ0n) is 11.5. The van der Waals surface area contributed by atoms with Crippen molar-refractivity contribution in [2.24, 2.45) is 0 Å². The molecule has 0 fully saturated rings. The van der Waals surface area contributed by atoms with Crippen LogP contribution in [0.2, 0.25) is 0 Å². The summed E-state index contributed by atoms with van der Waals surface area (Å²) in [4.78, 5) is 29.9. The lowest BCUT2D eigenvalue weighted by Gasteiger charge is -2.14. The summed E-state index contributed by atoms with van der Waals surface area (Å²) < 4.78 is 1.98. The number of carbonyl (C=O) groups is 2. The van der Waals surface area contributed by atoms with E-state index in [-0.39, 0.29) is 11.8 Å². The van der Waals surface area contributed by atoms with E-state index >= 15 is 0 Å². The number of allylic oxidation sites excluding steroid dienone is 1. The number of hydrogen-bond acceptors (Lipinski definition) is 3. The van der Waals surface area contributed by atoms with Crippen molar-refractivity contribution in [2.45, 2.75) is 32.7 Å². The maximum atomic E-state index is 12.2. The third kappa shape index (κ3) is 2.19. The van der Waals surface area contributed by atoms with Crippen LogP contribution in [0.15, 0.2) is 35.8 Å².